The molecule has 0 fully saturated rings. The molecule has 2 heterocycles. The molecule has 0 bridgehead atoms. The lowest BCUT2D eigenvalue weighted by atomic mass is 10.0. The van der Waals surface area contributed by atoms with Crippen LogP contribution in [0.1, 0.15) is 15.9 Å². The molecule has 1 amide bonds. The number of fused-ring (bicyclic) bond motifs is 1. The summed E-state index contributed by atoms with van der Waals surface area (Å²) in [6.07, 6.45) is 3.06. The zero-order valence-corrected chi connectivity index (χ0v) is 11.5. The number of nitrogens with one attached hydrogen (secondary N) is 2. The van der Waals surface area contributed by atoms with Gasteiger partial charge in [0.05, 0.1) is 18.5 Å². The first-order chi connectivity index (χ1) is 10.7. The van der Waals surface area contributed by atoms with Crippen molar-refractivity contribution >= 4 is 22.5 Å². The van der Waals surface area contributed by atoms with Gasteiger partial charge >= 0.3 is 0 Å². The van der Waals surface area contributed by atoms with Crippen molar-refractivity contribution in [2.75, 3.05) is 5.32 Å². The Morgan fingerprint density at radius 3 is 2.77 bits per heavy atom. The summed E-state index contributed by atoms with van der Waals surface area (Å²) in [5, 5.41) is 12.9. The van der Waals surface area contributed by atoms with Gasteiger partial charge in [0.1, 0.15) is 5.56 Å². The molecule has 6 heteroatoms. The van der Waals surface area contributed by atoms with E-state index in [0.717, 1.165) is 0 Å². The standard InChI is InChI=1S/C16H13N3O3/c20-9-12-11-5-1-2-6-13(11)19-16(22)14(12)15(21)18-10-4-3-7-17-8-10/h1-8,20H,9H2,(H,18,21)(H,19,22). The average molecular weight is 295 g/mol. The van der Waals surface area contributed by atoms with Crippen LogP contribution in [0.4, 0.5) is 5.69 Å². The molecule has 3 N–H and O–H groups in total. The molecular formula is C16H13N3O3. The maximum atomic E-state index is 12.4. The Labute approximate surface area is 125 Å². The fourth-order valence-electron chi connectivity index (χ4n) is 2.35. The van der Waals surface area contributed by atoms with Crippen molar-refractivity contribution in [1.29, 1.82) is 0 Å². The molecule has 0 aliphatic rings. The number of pyridine rings is 2. The van der Waals surface area contributed by atoms with E-state index in [1.54, 1.807) is 42.6 Å². The van der Waals surface area contributed by atoms with Crippen LogP contribution in [0, 0.1) is 0 Å². The number of amides is 1. The first-order valence-electron chi connectivity index (χ1n) is 6.67. The highest BCUT2D eigenvalue weighted by molar-refractivity contribution is 6.07. The van der Waals surface area contributed by atoms with Gasteiger partial charge in [-0.15, -0.1) is 0 Å². The number of hydrogen-bond donors (Lipinski definition) is 3. The molecule has 0 spiro atoms. The Morgan fingerprint density at radius 2 is 2.05 bits per heavy atom. The van der Waals surface area contributed by atoms with E-state index in [-0.39, 0.29) is 5.56 Å². The Hall–Kier alpha value is -2.99. The predicted molar refractivity (Wildman–Crippen MR) is 82.7 cm³/mol. The molecule has 6 nitrogen and oxygen atoms in total. The summed E-state index contributed by atoms with van der Waals surface area (Å²) in [6.45, 7) is -0.403. The number of aliphatic hydroxyl groups is 1. The number of anilines is 1. The average Bonchev–Trinajstić information content (AvgIpc) is 2.54. The van der Waals surface area contributed by atoms with E-state index in [4.69, 9.17) is 0 Å². The summed E-state index contributed by atoms with van der Waals surface area (Å²) >= 11 is 0. The third kappa shape index (κ3) is 2.47. The number of aliphatic hydroxyl groups excluding tert-OH is 1. The first kappa shape index (κ1) is 14.0. The lowest BCUT2D eigenvalue weighted by Crippen LogP contribution is -2.26. The molecular weight excluding hydrogens is 282 g/mol. The summed E-state index contributed by atoms with van der Waals surface area (Å²) < 4.78 is 0. The molecule has 1 aromatic carbocycles. The molecule has 3 rings (SSSR count). The van der Waals surface area contributed by atoms with Gasteiger partial charge in [-0.3, -0.25) is 14.6 Å². The zero-order chi connectivity index (χ0) is 15.5. The Balaban J connectivity index is 2.12. The second kappa shape index (κ2) is 5.79. The molecule has 3 aromatic rings. The smallest absolute Gasteiger partial charge is 0.261 e. The number of aromatic amines is 1. The van der Waals surface area contributed by atoms with Crippen molar-refractivity contribution in [3.8, 4) is 0 Å². The Morgan fingerprint density at radius 1 is 1.23 bits per heavy atom. The van der Waals surface area contributed by atoms with Crippen molar-refractivity contribution in [3.63, 3.8) is 0 Å². The monoisotopic (exact) mass is 295 g/mol. The second-order valence-electron chi connectivity index (χ2n) is 4.71. The summed E-state index contributed by atoms with van der Waals surface area (Å²) in [6, 6.07) is 10.4. The fraction of sp³-hybridized carbons (Fsp3) is 0.0625. The van der Waals surface area contributed by atoms with Crippen LogP contribution in [0.3, 0.4) is 0 Å². The molecule has 0 aliphatic heterocycles. The van der Waals surface area contributed by atoms with E-state index < -0.39 is 18.1 Å². The minimum Gasteiger partial charge on any atom is -0.392 e. The minimum atomic E-state index is -0.580. The number of aromatic nitrogens is 2. The van der Waals surface area contributed by atoms with E-state index in [9.17, 15) is 14.7 Å². The highest BCUT2D eigenvalue weighted by atomic mass is 16.3. The second-order valence-corrected chi connectivity index (χ2v) is 4.71. The molecule has 0 unspecified atom stereocenters. The van der Waals surface area contributed by atoms with Crippen LogP contribution in [0.15, 0.2) is 53.6 Å². The Bertz CT molecular complexity index is 888. The third-order valence-corrected chi connectivity index (χ3v) is 3.33. The van der Waals surface area contributed by atoms with Crippen LogP contribution < -0.4 is 10.9 Å². The summed E-state index contributed by atoms with van der Waals surface area (Å²) in [4.78, 5) is 31.1. The number of rotatable bonds is 3. The van der Waals surface area contributed by atoms with Crippen molar-refractivity contribution < 1.29 is 9.90 Å². The van der Waals surface area contributed by atoms with Crippen molar-refractivity contribution in [2.45, 2.75) is 6.61 Å². The molecule has 0 saturated carbocycles. The van der Waals surface area contributed by atoms with Gasteiger partial charge in [-0.2, -0.15) is 0 Å². The molecule has 2 aromatic heterocycles. The predicted octanol–water partition coefficient (Wildman–Crippen LogP) is 1.67. The van der Waals surface area contributed by atoms with Gasteiger partial charge in [0, 0.05) is 22.7 Å². The van der Waals surface area contributed by atoms with Crippen LogP contribution in [-0.2, 0) is 6.61 Å². The quantitative estimate of drug-likeness (QED) is 0.685. The number of benzene rings is 1. The van der Waals surface area contributed by atoms with E-state index in [1.807, 2.05) is 0 Å². The molecule has 0 aliphatic carbocycles. The largest absolute Gasteiger partial charge is 0.392 e. The molecule has 110 valence electrons. The number of nitrogens with zero attached hydrogens (tertiary/aromatic N) is 1. The van der Waals surface area contributed by atoms with Crippen LogP contribution in [0.2, 0.25) is 0 Å². The van der Waals surface area contributed by atoms with Gasteiger partial charge in [0.2, 0.25) is 0 Å². The van der Waals surface area contributed by atoms with E-state index >= 15 is 0 Å². The first-order valence-corrected chi connectivity index (χ1v) is 6.67. The number of hydrogen-bond acceptors (Lipinski definition) is 4. The lowest BCUT2D eigenvalue weighted by molar-refractivity contribution is 0.102. The van der Waals surface area contributed by atoms with E-state index in [1.165, 1.54) is 6.20 Å². The normalized spacial score (nSPS) is 10.6. The van der Waals surface area contributed by atoms with Crippen molar-refractivity contribution in [1.82, 2.24) is 9.97 Å². The fourth-order valence-corrected chi connectivity index (χ4v) is 2.35. The Kier molecular flexibility index (Phi) is 3.67. The van der Waals surface area contributed by atoms with Crippen LogP contribution in [0.25, 0.3) is 10.9 Å². The SMILES string of the molecule is O=C(Nc1cccnc1)c1c(CO)c2ccccc2[nH]c1=O. The number of H-pyrrole nitrogens is 1. The number of para-hydroxylation sites is 1. The molecule has 0 saturated heterocycles. The summed E-state index contributed by atoms with van der Waals surface area (Å²) in [5.74, 6) is -0.580. The zero-order valence-electron chi connectivity index (χ0n) is 11.5. The molecule has 0 radical (unpaired) electrons. The van der Waals surface area contributed by atoms with Crippen molar-refractivity contribution in [3.05, 3.63) is 70.3 Å². The van der Waals surface area contributed by atoms with Gasteiger partial charge in [-0.25, -0.2) is 0 Å². The van der Waals surface area contributed by atoms with Gasteiger partial charge in [0.15, 0.2) is 0 Å². The van der Waals surface area contributed by atoms with Crippen LogP contribution in [-0.4, -0.2) is 21.0 Å². The highest BCUT2D eigenvalue weighted by Crippen LogP contribution is 2.19. The van der Waals surface area contributed by atoms with Gasteiger partial charge in [0.25, 0.3) is 11.5 Å². The number of carbonyl (C=O) groups excluding carboxylic acids is 1. The maximum Gasteiger partial charge on any atom is 0.261 e. The minimum absolute atomic E-state index is 0.0925. The lowest BCUT2D eigenvalue weighted by Gasteiger charge is -2.10. The van der Waals surface area contributed by atoms with Gasteiger partial charge < -0.3 is 15.4 Å². The van der Waals surface area contributed by atoms with Crippen LogP contribution >= 0.6 is 0 Å². The van der Waals surface area contributed by atoms with E-state index in [0.29, 0.717) is 22.2 Å². The van der Waals surface area contributed by atoms with Crippen LogP contribution in [0.5, 0.6) is 0 Å². The summed E-state index contributed by atoms with van der Waals surface area (Å²) in [5.41, 5.74) is 0.730. The van der Waals surface area contributed by atoms with E-state index in [2.05, 4.69) is 15.3 Å². The maximum absolute atomic E-state index is 12.4. The molecule has 0 atom stereocenters. The molecule has 22 heavy (non-hydrogen) atoms. The topological polar surface area (TPSA) is 95.1 Å². The van der Waals surface area contributed by atoms with Crippen molar-refractivity contribution in [2.24, 2.45) is 0 Å². The highest BCUT2D eigenvalue weighted by Gasteiger charge is 2.18. The van der Waals surface area contributed by atoms with Gasteiger partial charge in [-0.1, -0.05) is 18.2 Å². The van der Waals surface area contributed by atoms with Gasteiger partial charge in [-0.05, 0) is 18.2 Å². The summed E-state index contributed by atoms with van der Waals surface area (Å²) in [7, 11) is 0. The number of carbonyl (C=O) groups is 1. The third-order valence-electron chi connectivity index (χ3n) is 3.33.